The van der Waals surface area contributed by atoms with Crippen LogP contribution in [0.4, 0.5) is 10.2 Å². The molecule has 0 aliphatic carbocycles. The van der Waals surface area contributed by atoms with E-state index in [1.165, 1.54) is 6.07 Å². The molecule has 1 heterocycles. The van der Waals surface area contributed by atoms with Crippen LogP contribution in [0.3, 0.4) is 0 Å². The van der Waals surface area contributed by atoms with Crippen molar-refractivity contribution >= 4 is 44.3 Å². The lowest BCUT2D eigenvalue weighted by atomic mass is 10.1. The topological polar surface area (TPSA) is 43.8 Å². The monoisotopic (exact) mass is 409 g/mol. The second-order valence-electron chi connectivity index (χ2n) is 3.66. The smallest absolute Gasteiger partial charge is 0.135 e. The molecule has 90 valence electrons. The molecule has 1 aromatic carbocycles. The second-order valence-corrected chi connectivity index (χ2v) is 5.74. The van der Waals surface area contributed by atoms with Gasteiger partial charge in [0, 0.05) is 10.0 Å². The van der Waals surface area contributed by atoms with Crippen LogP contribution in [0, 0.1) is 9.39 Å². The van der Waals surface area contributed by atoms with Crippen LogP contribution in [-0.2, 0) is 0 Å². The van der Waals surface area contributed by atoms with E-state index in [4.69, 9.17) is 5.73 Å². The highest BCUT2D eigenvalue weighted by atomic mass is 127. The number of nitrogen functional groups attached to an aromatic ring is 1. The molecular formula is C11H10BrFIN3. The Bertz CT molecular complexity index is 556. The first-order chi connectivity index (χ1) is 8.00. The van der Waals surface area contributed by atoms with Crippen molar-refractivity contribution in [2.75, 3.05) is 5.73 Å². The summed E-state index contributed by atoms with van der Waals surface area (Å²) in [5, 5.41) is 4.16. The van der Waals surface area contributed by atoms with Gasteiger partial charge >= 0.3 is 0 Å². The summed E-state index contributed by atoms with van der Waals surface area (Å²) in [4.78, 5) is 0. The summed E-state index contributed by atoms with van der Waals surface area (Å²) in [6.07, 6.45) is 1.67. The number of nitrogens with two attached hydrogens (primary N) is 1. The summed E-state index contributed by atoms with van der Waals surface area (Å²) in [5.41, 5.74) is 6.45. The Morgan fingerprint density at radius 3 is 2.76 bits per heavy atom. The zero-order chi connectivity index (χ0) is 12.6. The number of aromatic nitrogens is 2. The fraction of sp³-hybridized carbons (Fsp3) is 0.182. The predicted octanol–water partition coefficient (Wildman–Crippen LogP) is 3.58. The van der Waals surface area contributed by atoms with E-state index in [1.807, 2.05) is 6.92 Å². The Balaban J connectivity index is 2.43. The second kappa shape index (κ2) is 4.93. The molecule has 2 N–H and O–H groups in total. The van der Waals surface area contributed by atoms with Crippen LogP contribution >= 0.6 is 38.5 Å². The zero-order valence-corrected chi connectivity index (χ0v) is 12.7. The van der Waals surface area contributed by atoms with E-state index in [-0.39, 0.29) is 11.9 Å². The standard InChI is InChI=1S/C11H10BrFIN3/c1-6(17-11(15)10(14)5-16-17)8-3-2-7(12)4-9(8)13/h2-6H,15H2,1H3. The van der Waals surface area contributed by atoms with Gasteiger partial charge in [-0.25, -0.2) is 9.07 Å². The average molecular weight is 410 g/mol. The number of benzene rings is 1. The molecule has 0 amide bonds. The molecule has 1 aromatic heterocycles. The maximum atomic E-state index is 13.8. The summed E-state index contributed by atoms with van der Waals surface area (Å²) < 4.78 is 17.0. The third kappa shape index (κ3) is 2.47. The van der Waals surface area contributed by atoms with Gasteiger partial charge in [0.2, 0.25) is 0 Å². The van der Waals surface area contributed by atoms with Crippen LogP contribution in [0.1, 0.15) is 18.5 Å². The average Bonchev–Trinajstić information content (AvgIpc) is 2.59. The third-order valence-electron chi connectivity index (χ3n) is 2.57. The molecular weight excluding hydrogens is 400 g/mol. The predicted molar refractivity (Wildman–Crippen MR) is 77.3 cm³/mol. The Morgan fingerprint density at radius 1 is 1.53 bits per heavy atom. The Hall–Kier alpha value is -0.630. The number of rotatable bonds is 2. The van der Waals surface area contributed by atoms with Crippen LogP contribution in [0.2, 0.25) is 0 Å². The highest BCUT2D eigenvalue weighted by molar-refractivity contribution is 14.1. The van der Waals surface area contributed by atoms with Crippen molar-refractivity contribution in [2.24, 2.45) is 0 Å². The fourth-order valence-electron chi connectivity index (χ4n) is 1.63. The summed E-state index contributed by atoms with van der Waals surface area (Å²) in [7, 11) is 0. The summed E-state index contributed by atoms with van der Waals surface area (Å²) >= 11 is 5.33. The van der Waals surface area contributed by atoms with E-state index in [2.05, 4.69) is 43.6 Å². The van der Waals surface area contributed by atoms with E-state index in [0.29, 0.717) is 15.9 Å². The van der Waals surface area contributed by atoms with Crippen LogP contribution in [0.25, 0.3) is 0 Å². The van der Waals surface area contributed by atoms with E-state index < -0.39 is 0 Å². The van der Waals surface area contributed by atoms with E-state index in [9.17, 15) is 4.39 Å². The van der Waals surface area contributed by atoms with Crippen LogP contribution in [0.5, 0.6) is 0 Å². The van der Waals surface area contributed by atoms with Crippen molar-refractivity contribution in [3.8, 4) is 0 Å². The molecule has 0 saturated heterocycles. The summed E-state index contributed by atoms with van der Waals surface area (Å²) in [6, 6.07) is 4.75. The molecule has 6 heteroatoms. The maximum Gasteiger partial charge on any atom is 0.135 e. The molecule has 17 heavy (non-hydrogen) atoms. The highest BCUT2D eigenvalue weighted by Gasteiger charge is 2.16. The van der Waals surface area contributed by atoms with Crippen molar-refractivity contribution in [3.63, 3.8) is 0 Å². The lowest BCUT2D eigenvalue weighted by Gasteiger charge is -2.15. The molecule has 1 atom stereocenters. The number of halogens is 3. The molecule has 1 unspecified atom stereocenters. The first kappa shape index (κ1) is 12.8. The lowest BCUT2D eigenvalue weighted by molar-refractivity contribution is 0.526. The van der Waals surface area contributed by atoms with Crippen molar-refractivity contribution in [2.45, 2.75) is 13.0 Å². The molecule has 0 radical (unpaired) electrons. The zero-order valence-electron chi connectivity index (χ0n) is 8.99. The lowest BCUT2D eigenvalue weighted by Crippen LogP contribution is -2.13. The number of nitrogens with zero attached hydrogens (tertiary/aromatic N) is 2. The normalized spacial score (nSPS) is 12.7. The van der Waals surface area contributed by atoms with Gasteiger partial charge in [-0.15, -0.1) is 0 Å². The van der Waals surface area contributed by atoms with E-state index in [0.717, 1.165) is 3.57 Å². The van der Waals surface area contributed by atoms with Gasteiger partial charge in [-0.3, -0.25) is 0 Å². The Morgan fingerprint density at radius 2 is 2.24 bits per heavy atom. The minimum absolute atomic E-state index is 0.230. The quantitative estimate of drug-likeness (QED) is 0.770. The SMILES string of the molecule is CC(c1ccc(Br)cc1F)n1ncc(I)c1N. The number of hydrogen-bond acceptors (Lipinski definition) is 2. The van der Waals surface area contributed by atoms with Gasteiger partial charge in [0.15, 0.2) is 0 Å². The van der Waals surface area contributed by atoms with Gasteiger partial charge in [0.25, 0.3) is 0 Å². The third-order valence-corrected chi connectivity index (χ3v) is 3.89. The van der Waals surface area contributed by atoms with Gasteiger partial charge in [-0.2, -0.15) is 5.10 Å². The minimum Gasteiger partial charge on any atom is -0.383 e. The molecule has 0 aliphatic heterocycles. The summed E-state index contributed by atoms with van der Waals surface area (Å²) in [6.45, 7) is 1.87. The molecule has 0 spiro atoms. The van der Waals surface area contributed by atoms with Crippen molar-refractivity contribution < 1.29 is 4.39 Å². The van der Waals surface area contributed by atoms with Crippen LogP contribution < -0.4 is 5.73 Å². The first-order valence-electron chi connectivity index (χ1n) is 4.94. The van der Waals surface area contributed by atoms with Crippen LogP contribution in [-0.4, -0.2) is 9.78 Å². The van der Waals surface area contributed by atoms with Gasteiger partial charge in [-0.05, 0) is 41.6 Å². The molecule has 0 aliphatic rings. The minimum atomic E-state index is -0.267. The first-order valence-corrected chi connectivity index (χ1v) is 6.81. The highest BCUT2D eigenvalue weighted by Crippen LogP contribution is 2.26. The molecule has 2 rings (SSSR count). The van der Waals surface area contributed by atoms with Crippen molar-refractivity contribution in [1.29, 1.82) is 0 Å². The number of anilines is 1. The number of hydrogen-bond donors (Lipinski definition) is 1. The molecule has 2 aromatic rings. The maximum absolute atomic E-state index is 13.8. The van der Waals surface area contributed by atoms with Gasteiger partial charge in [0.1, 0.15) is 11.6 Å². The van der Waals surface area contributed by atoms with Crippen molar-refractivity contribution in [1.82, 2.24) is 9.78 Å². The largest absolute Gasteiger partial charge is 0.383 e. The van der Waals surface area contributed by atoms with Gasteiger partial charge in [0.05, 0.1) is 15.8 Å². The molecule has 0 fully saturated rings. The van der Waals surface area contributed by atoms with Crippen molar-refractivity contribution in [3.05, 3.63) is 43.8 Å². The molecule has 0 bridgehead atoms. The van der Waals surface area contributed by atoms with Crippen LogP contribution in [0.15, 0.2) is 28.9 Å². The summed E-state index contributed by atoms with van der Waals surface area (Å²) in [5.74, 6) is 0.289. The molecule has 0 saturated carbocycles. The molecule has 3 nitrogen and oxygen atoms in total. The van der Waals surface area contributed by atoms with E-state index >= 15 is 0 Å². The van der Waals surface area contributed by atoms with E-state index in [1.54, 1.807) is 23.0 Å². The Labute approximate surface area is 120 Å². The van der Waals surface area contributed by atoms with Gasteiger partial charge < -0.3 is 5.73 Å². The van der Waals surface area contributed by atoms with Gasteiger partial charge in [-0.1, -0.05) is 22.0 Å². The Kier molecular flexibility index (Phi) is 3.72. The fourth-order valence-corrected chi connectivity index (χ4v) is 2.34.